The van der Waals surface area contributed by atoms with Crippen LogP contribution in [0.15, 0.2) is 12.4 Å². The van der Waals surface area contributed by atoms with Gasteiger partial charge in [-0.25, -0.2) is 9.97 Å². The van der Waals surface area contributed by atoms with Crippen molar-refractivity contribution < 1.29 is 14.2 Å². The van der Waals surface area contributed by atoms with E-state index in [1.54, 1.807) is 27.7 Å². The molecule has 1 fully saturated rings. The van der Waals surface area contributed by atoms with Gasteiger partial charge in [0.2, 0.25) is 5.75 Å². The van der Waals surface area contributed by atoms with Crippen molar-refractivity contribution in [2.24, 2.45) is 0 Å². The van der Waals surface area contributed by atoms with E-state index in [1.165, 1.54) is 12.8 Å². The molecule has 7 heteroatoms. The zero-order valence-electron chi connectivity index (χ0n) is 16.3. The number of hydrogen-bond acceptors (Lipinski definition) is 7. The summed E-state index contributed by atoms with van der Waals surface area (Å²) in [5.41, 5.74) is 0.737. The van der Waals surface area contributed by atoms with Gasteiger partial charge in [0.05, 0.1) is 26.7 Å². The van der Waals surface area contributed by atoms with Gasteiger partial charge in [0.1, 0.15) is 17.7 Å². The van der Waals surface area contributed by atoms with Gasteiger partial charge in [-0.3, -0.25) is 0 Å². The molecule has 3 rings (SSSR count). The highest BCUT2D eigenvalue weighted by molar-refractivity contribution is 5.97. The Morgan fingerprint density at radius 1 is 1.04 bits per heavy atom. The molecule has 0 unspecified atom stereocenters. The molecule has 1 aromatic carbocycles. The summed E-state index contributed by atoms with van der Waals surface area (Å²) in [6.07, 6.45) is 5.18. The van der Waals surface area contributed by atoms with Crippen LogP contribution in [0.1, 0.15) is 19.3 Å². The number of ether oxygens (including phenoxy) is 3. The molecular formula is C19H28N4O3. The van der Waals surface area contributed by atoms with E-state index in [0.29, 0.717) is 23.3 Å². The average Bonchev–Trinajstić information content (AvgIpc) is 2.92. The zero-order valence-corrected chi connectivity index (χ0v) is 16.3. The molecule has 0 bridgehead atoms. The van der Waals surface area contributed by atoms with Crippen molar-refractivity contribution in [3.63, 3.8) is 0 Å². The van der Waals surface area contributed by atoms with Gasteiger partial charge < -0.3 is 24.0 Å². The number of aromatic nitrogens is 2. The summed E-state index contributed by atoms with van der Waals surface area (Å²) in [4.78, 5) is 13.7. The number of benzene rings is 1. The molecule has 1 atom stereocenters. The summed E-state index contributed by atoms with van der Waals surface area (Å²) in [5.74, 6) is 2.66. The van der Waals surface area contributed by atoms with E-state index in [1.807, 2.05) is 6.07 Å². The molecular weight excluding hydrogens is 332 g/mol. The molecule has 0 amide bonds. The first kappa shape index (κ1) is 18.5. The molecule has 7 nitrogen and oxygen atoms in total. The Balaban J connectivity index is 2.14. The van der Waals surface area contributed by atoms with Crippen molar-refractivity contribution in [2.75, 3.05) is 53.4 Å². The Labute approximate surface area is 154 Å². The normalized spacial score (nSPS) is 18.1. The lowest BCUT2D eigenvalue weighted by molar-refractivity contribution is 0.285. The predicted octanol–water partition coefficient (Wildman–Crippen LogP) is 2.58. The summed E-state index contributed by atoms with van der Waals surface area (Å²) < 4.78 is 16.6. The van der Waals surface area contributed by atoms with E-state index >= 15 is 0 Å². The third-order valence-electron chi connectivity index (χ3n) is 5.09. The lowest BCUT2D eigenvalue weighted by Crippen LogP contribution is -2.39. The van der Waals surface area contributed by atoms with Gasteiger partial charge in [-0.15, -0.1) is 0 Å². The maximum atomic E-state index is 5.60. The molecule has 0 spiro atoms. The van der Waals surface area contributed by atoms with E-state index < -0.39 is 0 Å². The van der Waals surface area contributed by atoms with Gasteiger partial charge in [-0.1, -0.05) is 6.42 Å². The molecule has 1 aliphatic heterocycles. The smallest absolute Gasteiger partial charge is 0.205 e. The molecule has 1 saturated heterocycles. The summed E-state index contributed by atoms with van der Waals surface area (Å²) in [7, 11) is 9.13. The first-order chi connectivity index (χ1) is 12.6. The second-order valence-electron chi connectivity index (χ2n) is 6.80. The third kappa shape index (κ3) is 3.35. The number of rotatable bonds is 5. The number of anilines is 1. The van der Waals surface area contributed by atoms with E-state index in [9.17, 15) is 0 Å². The highest BCUT2D eigenvalue weighted by Crippen LogP contribution is 2.44. The van der Waals surface area contributed by atoms with Crippen LogP contribution in [0.3, 0.4) is 0 Å². The Hall–Kier alpha value is -2.28. The highest BCUT2D eigenvalue weighted by Gasteiger charge is 2.25. The Kier molecular flexibility index (Phi) is 5.66. The van der Waals surface area contributed by atoms with Gasteiger partial charge >= 0.3 is 0 Å². The van der Waals surface area contributed by atoms with Crippen LogP contribution in [0.25, 0.3) is 10.9 Å². The minimum Gasteiger partial charge on any atom is -0.493 e. The van der Waals surface area contributed by atoms with Crippen LogP contribution in [0.5, 0.6) is 17.2 Å². The van der Waals surface area contributed by atoms with Crippen LogP contribution >= 0.6 is 0 Å². The maximum absolute atomic E-state index is 5.60. The fourth-order valence-corrected chi connectivity index (χ4v) is 3.64. The fourth-order valence-electron chi connectivity index (χ4n) is 3.64. The number of nitrogens with zero attached hydrogens (tertiary/aromatic N) is 4. The van der Waals surface area contributed by atoms with Crippen LogP contribution in [0.4, 0.5) is 5.82 Å². The van der Waals surface area contributed by atoms with Crippen molar-refractivity contribution in [3.05, 3.63) is 12.4 Å². The van der Waals surface area contributed by atoms with Crippen molar-refractivity contribution in [2.45, 2.75) is 25.3 Å². The first-order valence-corrected chi connectivity index (χ1v) is 8.95. The monoisotopic (exact) mass is 360 g/mol. The minimum atomic E-state index is 0.504. The molecule has 0 radical (unpaired) electrons. The highest BCUT2D eigenvalue weighted by atomic mass is 16.5. The van der Waals surface area contributed by atoms with Gasteiger partial charge in [-0.05, 0) is 33.0 Å². The molecule has 26 heavy (non-hydrogen) atoms. The van der Waals surface area contributed by atoms with Crippen LogP contribution in [-0.4, -0.2) is 69.4 Å². The van der Waals surface area contributed by atoms with Gasteiger partial charge in [0, 0.05) is 19.1 Å². The Morgan fingerprint density at radius 2 is 1.81 bits per heavy atom. The molecule has 0 aliphatic carbocycles. The van der Waals surface area contributed by atoms with Gasteiger partial charge in [-0.2, -0.15) is 0 Å². The quantitative estimate of drug-likeness (QED) is 0.812. The van der Waals surface area contributed by atoms with Crippen LogP contribution in [0, 0.1) is 0 Å². The predicted molar refractivity (Wildman–Crippen MR) is 103 cm³/mol. The summed E-state index contributed by atoms with van der Waals surface area (Å²) in [6.45, 7) is 1.92. The average molecular weight is 360 g/mol. The van der Waals surface area contributed by atoms with Crippen LogP contribution in [0.2, 0.25) is 0 Å². The summed E-state index contributed by atoms with van der Waals surface area (Å²) >= 11 is 0. The number of fused-ring (bicyclic) bond motifs is 1. The third-order valence-corrected chi connectivity index (χ3v) is 5.09. The molecule has 142 valence electrons. The van der Waals surface area contributed by atoms with Crippen LogP contribution in [-0.2, 0) is 0 Å². The van der Waals surface area contributed by atoms with Gasteiger partial charge in [0.15, 0.2) is 11.5 Å². The minimum absolute atomic E-state index is 0.504. The van der Waals surface area contributed by atoms with E-state index in [4.69, 9.17) is 14.2 Å². The maximum Gasteiger partial charge on any atom is 0.205 e. The molecule has 0 N–H and O–H groups in total. The lowest BCUT2D eigenvalue weighted by atomic mass is 10.1. The second-order valence-corrected chi connectivity index (χ2v) is 6.80. The Morgan fingerprint density at radius 3 is 2.46 bits per heavy atom. The lowest BCUT2D eigenvalue weighted by Gasteiger charge is -2.30. The topological polar surface area (TPSA) is 60.0 Å². The number of hydrogen-bond donors (Lipinski definition) is 0. The van der Waals surface area contributed by atoms with Gasteiger partial charge in [0.25, 0.3) is 0 Å². The summed E-state index contributed by atoms with van der Waals surface area (Å²) in [6, 6.07) is 2.45. The second kappa shape index (κ2) is 7.95. The van der Waals surface area contributed by atoms with E-state index in [2.05, 4.69) is 33.9 Å². The molecule has 1 aromatic heterocycles. The molecule has 2 heterocycles. The standard InChI is InChI=1S/C19H28N4O3/c1-22(2)13-8-6-7-9-23(11-13)19-14-10-15(24-3)17(25-4)18(26-5)16(14)20-12-21-19/h10,12-13H,6-9,11H2,1-5H3/t13-/m0/s1. The Bertz CT molecular complexity index is 766. The zero-order chi connectivity index (χ0) is 18.7. The SMILES string of the molecule is COc1cc2c(N3CCCC[C@H](N(C)C)C3)ncnc2c(OC)c1OC. The van der Waals surface area contributed by atoms with Crippen LogP contribution < -0.4 is 19.1 Å². The molecule has 0 saturated carbocycles. The summed E-state index contributed by atoms with van der Waals surface area (Å²) in [5, 5.41) is 0.918. The van der Waals surface area contributed by atoms with Crippen molar-refractivity contribution in [1.29, 1.82) is 0 Å². The molecule has 2 aromatic rings. The van der Waals surface area contributed by atoms with Crippen molar-refractivity contribution in [1.82, 2.24) is 14.9 Å². The van der Waals surface area contributed by atoms with E-state index in [0.717, 1.165) is 36.2 Å². The molecule has 1 aliphatic rings. The largest absolute Gasteiger partial charge is 0.493 e. The van der Waals surface area contributed by atoms with Crippen molar-refractivity contribution in [3.8, 4) is 17.2 Å². The fraction of sp³-hybridized carbons (Fsp3) is 0.579. The van der Waals surface area contributed by atoms with E-state index in [-0.39, 0.29) is 0 Å². The first-order valence-electron chi connectivity index (χ1n) is 8.95. The van der Waals surface area contributed by atoms with Crippen molar-refractivity contribution >= 4 is 16.7 Å². The number of methoxy groups -OCH3 is 3. The number of likely N-dealkylation sites (N-methyl/N-ethyl adjacent to an activating group) is 1.